The molecule has 0 heterocycles. The molecule has 0 aromatic heterocycles. The van der Waals surface area contributed by atoms with Gasteiger partial charge in [0.1, 0.15) is 5.75 Å². The number of rotatable bonds is 5. The molecular weight excluding hydrogens is 342 g/mol. The lowest BCUT2D eigenvalue weighted by Crippen LogP contribution is -2.07. The van der Waals surface area contributed by atoms with Crippen molar-refractivity contribution in [2.45, 2.75) is 17.6 Å². The number of methoxy groups -OCH3 is 1. The van der Waals surface area contributed by atoms with Crippen molar-refractivity contribution in [3.8, 4) is 5.75 Å². The summed E-state index contributed by atoms with van der Waals surface area (Å²) in [5, 5.41) is 11.2. The lowest BCUT2D eigenvalue weighted by atomic mass is 10.2. The molecule has 8 heteroatoms. The molecule has 122 valence electrons. The Kier molecular flexibility index (Phi) is 4.91. The number of nitro groups is 1. The normalized spacial score (nSPS) is 11.3. The van der Waals surface area contributed by atoms with E-state index in [0.717, 1.165) is 11.6 Å². The molecule has 0 atom stereocenters. The molecule has 0 aliphatic rings. The fourth-order valence-electron chi connectivity index (χ4n) is 2.06. The minimum absolute atomic E-state index is 0.0248. The van der Waals surface area contributed by atoms with E-state index < -0.39 is 20.5 Å². The first-order chi connectivity index (χ1) is 10.7. The van der Waals surface area contributed by atoms with E-state index in [0.29, 0.717) is 0 Å². The number of benzene rings is 2. The summed E-state index contributed by atoms with van der Waals surface area (Å²) in [5.74, 6) is -0.328. The highest BCUT2D eigenvalue weighted by atomic mass is 35.5. The third-order valence-corrected chi connectivity index (χ3v) is 5.25. The first kappa shape index (κ1) is 17.2. The second-order valence-corrected chi connectivity index (χ2v) is 7.34. The van der Waals surface area contributed by atoms with Gasteiger partial charge in [0.25, 0.3) is 5.69 Å². The van der Waals surface area contributed by atoms with E-state index in [-0.39, 0.29) is 26.9 Å². The van der Waals surface area contributed by atoms with E-state index in [1.807, 2.05) is 6.92 Å². The fraction of sp³-hybridized carbons (Fsp3) is 0.200. The van der Waals surface area contributed by atoms with E-state index >= 15 is 0 Å². The van der Waals surface area contributed by atoms with Crippen molar-refractivity contribution < 1.29 is 18.1 Å². The summed E-state index contributed by atoms with van der Waals surface area (Å²) in [6.45, 7) is 1.84. The molecule has 0 aliphatic heterocycles. The number of sulfone groups is 1. The molecule has 0 fully saturated rings. The highest BCUT2D eigenvalue weighted by Gasteiger charge is 2.24. The smallest absolute Gasteiger partial charge is 0.275 e. The van der Waals surface area contributed by atoms with Gasteiger partial charge in [-0.1, -0.05) is 29.3 Å². The van der Waals surface area contributed by atoms with Gasteiger partial charge in [-0.3, -0.25) is 10.1 Å². The molecule has 0 unspecified atom stereocenters. The highest BCUT2D eigenvalue weighted by Crippen LogP contribution is 2.34. The molecular formula is C15H14ClNO5S. The molecule has 2 aromatic rings. The molecule has 0 saturated heterocycles. The Morgan fingerprint density at radius 3 is 2.35 bits per heavy atom. The van der Waals surface area contributed by atoms with Crippen LogP contribution >= 0.6 is 11.6 Å². The predicted molar refractivity (Wildman–Crippen MR) is 86.7 cm³/mol. The van der Waals surface area contributed by atoms with Crippen LogP contribution < -0.4 is 4.74 Å². The maximum atomic E-state index is 12.5. The van der Waals surface area contributed by atoms with Crippen LogP contribution in [0.1, 0.15) is 11.1 Å². The number of nitrogens with zero attached hydrogens (tertiary/aromatic N) is 1. The van der Waals surface area contributed by atoms with Gasteiger partial charge in [0.05, 0.1) is 27.7 Å². The van der Waals surface area contributed by atoms with Gasteiger partial charge < -0.3 is 4.74 Å². The number of hydrogen-bond donors (Lipinski definition) is 0. The second-order valence-electron chi connectivity index (χ2n) is 4.94. The van der Waals surface area contributed by atoms with E-state index in [2.05, 4.69) is 0 Å². The average Bonchev–Trinajstić information content (AvgIpc) is 2.48. The Hall–Kier alpha value is -2.12. The van der Waals surface area contributed by atoms with E-state index in [4.69, 9.17) is 16.3 Å². The van der Waals surface area contributed by atoms with E-state index in [9.17, 15) is 18.5 Å². The fourth-order valence-corrected chi connectivity index (χ4v) is 3.65. The Labute approximate surface area is 138 Å². The minimum Gasteiger partial charge on any atom is -0.495 e. The van der Waals surface area contributed by atoms with Crippen LogP contribution in [-0.2, 0) is 15.6 Å². The summed E-state index contributed by atoms with van der Waals surface area (Å²) in [4.78, 5) is 10.6. The summed E-state index contributed by atoms with van der Waals surface area (Å²) in [5.41, 5.74) is 0.589. The van der Waals surface area contributed by atoms with Gasteiger partial charge in [-0.2, -0.15) is 0 Å². The molecule has 0 spiro atoms. The minimum atomic E-state index is -3.73. The quantitative estimate of drug-likeness (QED) is 0.604. The molecule has 6 nitrogen and oxygen atoms in total. The summed E-state index contributed by atoms with van der Waals surface area (Å²) in [7, 11) is -2.37. The van der Waals surface area contributed by atoms with Gasteiger partial charge in [0, 0.05) is 11.6 Å². The van der Waals surface area contributed by atoms with Gasteiger partial charge in [-0.25, -0.2) is 8.42 Å². The summed E-state index contributed by atoms with van der Waals surface area (Å²) >= 11 is 5.87. The Morgan fingerprint density at radius 2 is 1.83 bits per heavy atom. The zero-order chi connectivity index (χ0) is 17.2. The molecule has 0 aliphatic carbocycles. The van der Waals surface area contributed by atoms with Crippen LogP contribution in [0, 0.1) is 17.0 Å². The van der Waals surface area contributed by atoms with Crippen molar-refractivity contribution in [2.75, 3.05) is 7.11 Å². The molecule has 2 rings (SSSR count). The number of halogens is 1. The van der Waals surface area contributed by atoms with Crippen LogP contribution in [0.2, 0.25) is 5.02 Å². The standard InChI is InChI=1S/C15H14ClNO5S/c1-10-3-5-12(6-4-10)23(20,21)9-11-7-15(22-2)13(16)8-14(11)17(18)19/h3-8H,9H2,1-2H3. The topological polar surface area (TPSA) is 86.5 Å². The summed E-state index contributed by atoms with van der Waals surface area (Å²) < 4.78 is 30.0. The highest BCUT2D eigenvalue weighted by molar-refractivity contribution is 7.90. The van der Waals surface area contributed by atoms with E-state index in [1.54, 1.807) is 12.1 Å². The van der Waals surface area contributed by atoms with Crippen molar-refractivity contribution in [3.63, 3.8) is 0 Å². The van der Waals surface area contributed by atoms with Crippen LogP contribution in [0.25, 0.3) is 0 Å². The number of nitro benzene ring substituents is 1. The molecule has 23 heavy (non-hydrogen) atoms. The first-order valence-electron chi connectivity index (χ1n) is 6.55. The lowest BCUT2D eigenvalue weighted by molar-refractivity contribution is -0.385. The average molecular weight is 356 g/mol. The summed E-state index contributed by atoms with van der Waals surface area (Å²) in [6.07, 6.45) is 0. The van der Waals surface area contributed by atoms with Gasteiger partial charge in [0.15, 0.2) is 9.84 Å². The van der Waals surface area contributed by atoms with Crippen molar-refractivity contribution in [1.29, 1.82) is 0 Å². The lowest BCUT2D eigenvalue weighted by Gasteiger charge is -2.09. The maximum absolute atomic E-state index is 12.5. The molecule has 0 radical (unpaired) electrons. The van der Waals surface area contributed by atoms with Crippen LogP contribution in [0.15, 0.2) is 41.3 Å². The van der Waals surface area contributed by atoms with Gasteiger partial charge >= 0.3 is 0 Å². The Morgan fingerprint density at radius 1 is 1.22 bits per heavy atom. The van der Waals surface area contributed by atoms with Gasteiger partial charge in [-0.15, -0.1) is 0 Å². The SMILES string of the molecule is COc1cc(CS(=O)(=O)c2ccc(C)cc2)c([N+](=O)[O-])cc1Cl. The first-order valence-corrected chi connectivity index (χ1v) is 8.58. The van der Waals surface area contributed by atoms with Crippen molar-refractivity contribution in [1.82, 2.24) is 0 Å². The molecule has 0 saturated carbocycles. The van der Waals surface area contributed by atoms with Crippen LogP contribution in [0.3, 0.4) is 0 Å². The van der Waals surface area contributed by atoms with Crippen LogP contribution in [0.4, 0.5) is 5.69 Å². The van der Waals surface area contributed by atoms with Crippen molar-refractivity contribution >= 4 is 27.1 Å². The number of hydrogen-bond acceptors (Lipinski definition) is 5. The third kappa shape index (κ3) is 3.80. The van der Waals surface area contributed by atoms with Crippen LogP contribution in [-0.4, -0.2) is 20.5 Å². The molecule has 0 bridgehead atoms. The Bertz CT molecular complexity index is 847. The van der Waals surface area contributed by atoms with E-state index in [1.165, 1.54) is 25.3 Å². The monoisotopic (exact) mass is 355 g/mol. The number of aryl methyl sites for hydroxylation is 1. The molecule has 2 aromatic carbocycles. The summed E-state index contributed by atoms with van der Waals surface area (Å²) in [6, 6.07) is 8.67. The molecule has 0 N–H and O–H groups in total. The zero-order valence-electron chi connectivity index (χ0n) is 12.4. The van der Waals surface area contributed by atoms with Crippen LogP contribution in [0.5, 0.6) is 5.75 Å². The third-order valence-electron chi connectivity index (χ3n) is 3.28. The maximum Gasteiger partial charge on any atom is 0.275 e. The second kappa shape index (κ2) is 6.55. The van der Waals surface area contributed by atoms with Gasteiger partial charge in [0.2, 0.25) is 0 Å². The predicted octanol–water partition coefficient (Wildman–Crippen LogP) is 3.54. The van der Waals surface area contributed by atoms with Crippen molar-refractivity contribution in [3.05, 3.63) is 62.7 Å². The van der Waals surface area contributed by atoms with Crippen molar-refractivity contribution in [2.24, 2.45) is 0 Å². The largest absolute Gasteiger partial charge is 0.495 e. The van der Waals surface area contributed by atoms with Gasteiger partial charge in [-0.05, 0) is 25.1 Å². The number of ether oxygens (including phenoxy) is 1. The zero-order valence-corrected chi connectivity index (χ0v) is 14.0. The molecule has 0 amide bonds. The Balaban J connectivity index is 2.49.